The zero-order valence-corrected chi connectivity index (χ0v) is 11.0. The summed E-state index contributed by atoms with van der Waals surface area (Å²) < 4.78 is 5.55. The third kappa shape index (κ3) is 2.18. The first kappa shape index (κ1) is 13.2. The largest absolute Gasteiger partial charge is 0.492 e. The fraction of sp³-hybridized carbons (Fsp3) is 0.462. The Balaban J connectivity index is 2.56. The van der Waals surface area contributed by atoms with Crippen LogP contribution in [-0.4, -0.2) is 24.2 Å². The zero-order chi connectivity index (χ0) is 13.3. The number of hydrogen-bond acceptors (Lipinski definition) is 3. The minimum atomic E-state index is -0.923. The van der Waals surface area contributed by atoms with Gasteiger partial charge in [-0.05, 0) is 42.5 Å². The normalized spacial score (nSPS) is 15.7. The topological polar surface area (TPSA) is 72.6 Å². The lowest BCUT2D eigenvalue weighted by atomic mass is 9.89. The van der Waals surface area contributed by atoms with Crippen LogP contribution in [0, 0.1) is 6.92 Å². The second-order valence-corrected chi connectivity index (χ2v) is 4.87. The Morgan fingerprint density at radius 3 is 3.00 bits per heavy atom. The number of carbonyl (C=O) groups is 1. The average molecular weight is 270 g/mol. The van der Waals surface area contributed by atoms with E-state index in [0.29, 0.717) is 22.9 Å². The summed E-state index contributed by atoms with van der Waals surface area (Å²) >= 11 is 6.17. The summed E-state index contributed by atoms with van der Waals surface area (Å²) in [6, 6.07) is 1.67. The van der Waals surface area contributed by atoms with Gasteiger partial charge in [0.1, 0.15) is 5.75 Å². The highest BCUT2D eigenvalue weighted by atomic mass is 35.5. The molecule has 1 heterocycles. The molecule has 0 saturated carbocycles. The maximum Gasteiger partial charge on any atom is 0.312 e. The van der Waals surface area contributed by atoms with Crippen LogP contribution in [0.4, 0.5) is 0 Å². The SMILES string of the molecule is Cc1c(C(CN)C(=O)O)cc(Cl)c2c1CCCO2. The Hall–Kier alpha value is -1.26. The summed E-state index contributed by atoms with van der Waals surface area (Å²) in [5.74, 6) is -0.937. The number of ether oxygens (including phenoxy) is 1. The Morgan fingerprint density at radius 2 is 2.39 bits per heavy atom. The molecule has 0 bridgehead atoms. The lowest BCUT2D eigenvalue weighted by Gasteiger charge is -2.24. The number of rotatable bonds is 3. The van der Waals surface area contributed by atoms with E-state index in [4.69, 9.17) is 22.1 Å². The molecule has 1 aliphatic rings. The number of carboxylic acid groups (broad SMARTS) is 1. The van der Waals surface area contributed by atoms with Gasteiger partial charge in [0.15, 0.2) is 0 Å². The van der Waals surface area contributed by atoms with E-state index in [-0.39, 0.29) is 6.54 Å². The second kappa shape index (κ2) is 5.16. The molecule has 0 radical (unpaired) electrons. The number of benzene rings is 1. The third-order valence-electron chi connectivity index (χ3n) is 3.39. The van der Waals surface area contributed by atoms with Crippen LogP contribution < -0.4 is 10.5 Å². The van der Waals surface area contributed by atoms with Crippen LogP contribution in [0.2, 0.25) is 5.02 Å². The van der Waals surface area contributed by atoms with E-state index in [2.05, 4.69) is 0 Å². The number of carboxylic acids is 1. The molecule has 5 heteroatoms. The van der Waals surface area contributed by atoms with Crippen LogP contribution in [0.15, 0.2) is 6.07 Å². The number of halogens is 1. The van der Waals surface area contributed by atoms with E-state index in [0.717, 1.165) is 24.0 Å². The lowest BCUT2D eigenvalue weighted by molar-refractivity contribution is -0.138. The molecule has 98 valence electrons. The summed E-state index contributed by atoms with van der Waals surface area (Å²) in [5, 5.41) is 9.67. The van der Waals surface area contributed by atoms with Crippen LogP contribution in [0.1, 0.15) is 29.0 Å². The predicted molar refractivity (Wildman–Crippen MR) is 69.4 cm³/mol. The molecule has 3 N–H and O–H groups in total. The van der Waals surface area contributed by atoms with Crippen LogP contribution in [0.3, 0.4) is 0 Å². The monoisotopic (exact) mass is 269 g/mol. The van der Waals surface area contributed by atoms with Gasteiger partial charge in [0.2, 0.25) is 0 Å². The first-order valence-corrected chi connectivity index (χ1v) is 6.31. The van der Waals surface area contributed by atoms with Crippen molar-refractivity contribution in [3.05, 3.63) is 27.8 Å². The van der Waals surface area contributed by atoms with Crippen LogP contribution in [0.5, 0.6) is 5.75 Å². The molecule has 1 aliphatic heterocycles. The molecule has 4 nitrogen and oxygen atoms in total. The molecule has 0 amide bonds. The predicted octanol–water partition coefficient (Wildman–Crippen LogP) is 2.10. The van der Waals surface area contributed by atoms with Crippen molar-refractivity contribution >= 4 is 17.6 Å². The molecule has 0 saturated heterocycles. The Labute approximate surface area is 111 Å². The van der Waals surface area contributed by atoms with Crippen molar-refractivity contribution in [1.29, 1.82) is 0 Å². The van der Waals surface area contributed by atoms with Gasteiger partial charge in [-0.3, -0.25) is 4.79 Å². The fourth-order valence-electron chi connectivity index (χ4n) is 2.40. The van der Waals surface area contributed by atoms with E-state index < -0.39 is 11.9 Å². The molecule has 1 aromatic rings. The zero-order valence-electron chi connectivity index (χ0n) is 10.2. The molecule has 18 heavy (non-hydrogen) atoms. The third-order valence-corrected chi connectivity index (χ3v) is 3.67. The maximum absolute atomic E-state index is 11.2. The number of hydrogen-bond donors (Lipinski definition) is 2. The number of fused-ring (bicyclic) bond motifs is 1. The lowest BCUT2D eigenvalue weighted by Crippen LogP contribution is -2.23. The van der Waals surface area contributed by atoms with Crippen molar-refractivity contribution in [3.8, 4) is 5.75 Å². The van der Waals surface area contributed by atoms with Crippen molar-refractivity contribution in [3.63, 3.8) is 0 Å². The van der Waals surface area contributed by atoms with E-state index in [9.17, 15) is 9.90 Å². The van der Waals surface area contributed by atoms with Gasteiger partial charge in [0, 0.05) is 6.54 Å². The maximum atomic E-state index is 11.2. The van der Waals surface area contributed by atoms with Crippen LogP contribution in [0.25, 0.3) is 0 Å². The van der Waals surface area contributed by atoms with Gasteiger partial charge in [0.25, 0.3) is 0 Å². The van der Waals surface area contributed by atoms with E-state index >= 15 is 0 Å². The molecule has 0 fully saturated rings. The van der Waals surface area contributed by atoms with Gasteiger partial charge in [-0.15, -0.1) is 0 Å². The molecule has 0 spiro atoms. The average Bonchev–Trinajstić information content (AvgIpc) is 2.36. The highest BCUT2D eigenvalue weighted by Gasteiger charge is 2.26. The summed E-state index contributed by atoms with van der Waals surface area (Å²) in [4.78, 5) is 11.2. The second-order valence-electron chi connectivity index (χ2n) is 4.46. The highest BCUT2D eigenvalue weighted by Crippen LogP contribution is 2.39. The minimum absolute atomic E-state index is 0.0617. The van der Waals surface area contributed by atoms with Crippen molar-refractivity contribution in [1.82, 2.24) is 0 Å². The van der Waals surface area contributed by atoms with Gasteiger partial charge in [-0.1, -0.05) is 11.6 Å². The van der Waals surface area contributed by atoms with E-state index in [1.54, 1.807) is 6.07 Å². The summed E-state index contributed by atoms with van der Waals surface area (Å²) in [5.41, 5.74) is 8.19. The standard InChI is InChI=1S/C13H16ClNO3/c1-7-8-3-2-4-18-12(8)11(14)5-9(7)10(6-15)13(16)17/h5,10H,2-4,6,15H2,1H3,(H,16,17). The first-order chi connectivity index (χ1) is 8.56. The van der Waals surface area contributed by atoms with Crippen molar-refractivity contribution in [2.45, 2.75) is 25.7 Å². The fourth-order valence-corrected chi connectivity index (χ4v) is 2.69. The van der Waals surface area contributed by atoms with Crippen molar-refractivity contribution in [2.75, 3.05) is 13.2 Å². The Bertz CT molecular complexity index is 488. The minimum Gasteiger partial charge on any atom is -0.492 e. The van der Waals surface area contributed by atoms with E-state index in [1.165, 1.54) is 0 Å². The van der Waals surface area contributed by atoms with E-state index in [1.807, 2.05) is 6.92 Å². The molecular weight excluding hydrogens is 254 g/mol. The van der Waals surface area contributed by atoms with Crippen molar-refractivity contribution < 1.29 is 14.6 Å². The van der Waals surface area contributed by atoms with Gasteiger partial charge in [-0.25, -0.2) is 0 Å². The number of aliphatic carboxylic acids is 1. The van der Waals surface area contributed by atoms with Gasteiger partial charge in [0.05, 0.1) is 17.5 Å². The summed E-state index contributed by atoms with van der Waals surface area (Å²) in [7, 11) is 0. The molecule has 2 rings (SSSR count). The summed E-state index contributed by atoms with van der Waals surface area (Å²) in [6.45, 7) is 2.63. The quantitative estimate of drug-likeness (QED) is 0.881. The molecule has 1 atom stereocenters. The van der Waals surface area contributed by atoms with Gasteiger partial charge in [-0.2, -0.15) is 0 Å². The smallest absolute Gasteiger partial charge is 0.312 e. The molecule has 1 unspecified atom stereocenters. The number of nitrogens with two attached hydrogens (primary N) is 1. The van der Waals surface area contributed by atoms with Crippen LogP contribution >= 0.6 is 11.6 Å². The molecule has 0 aromatic heterocycles. The van der Waals surface area contributed by atoms with Crippen molar-refractivity contribution in [2.24, 2.45) is 5.73 Å². The van der Waals surface area contributed by atoms with Gasteiger partial charge < -0.3 is 15.6 Å². The van der Waals surface area contributed by atoms with Crippen LogP contribution in [-0.2, 0) is 11.2 Å². The Kier molecular flexibility index (Phi) is 3.78. The Morgan fingerprint density at radius 1 is 1.67 bits per heavy atom. The summed E-state index contributed by atoms with van der Waals surface area (Å²) in [6.07, 6.45) is 1.79. The van der Waals surface area contributed by atoms with Gasteiger partial charge >= 0.3 is 5.97 Å². The molecule has 0 aliphatic carbocycles. The first-order valence-electron chi connectivity index (χ1n) is 5.93. The highest BCUT2D eigenvalue weighted by molar-refractivity contribution is 6.32. The molecular formula is C13H16ClNO3. The molecule has 1 aromatic carbocycles.